The third kappa shape index (κ3) is 2.57. The molecule has 0 aliphatic carbocycles. The highest BCUT2D eigenvalue weighted by Gasteiger charge is 2.39. The lowest BCUT2D eigenvalue weighted by Crippen LogP contribution is -2.13. The first-order chi connectivity index (χ1) is 6.75. The lowest BCUT2D eigenvalue weighted by Gasteiger charge is -2.13. The Bertz CT molecular complexity index is 378. The van der Waals surface area contributed by atoms with Crippen LogP contribution in [0.15, 0.2) is 10.7 Å². The molecule has 0 aliphatic rings. The molecule has 15 heavy (non-hydrogen) atoms. The van der Waals surface area contributed by atoms with E-state index < -0.39 is 28.9 Å². The fraction of sp³-hybridized carbons (Fsp3) is 0.286. The summed E-state index contributed by atoms with van der Waals surface area (Å²) in [6.07, 6.45) is -7.55. The lowest BCUT2D eigenvalue weighted by molar-refractivity contribution is -0.143. The summed E-state index contributed by atoms with van der Waals surface area (Å²) in [6.45, 7) is 0. The van der Waals surface area contributed by atoms with E-state index in [0.717, 1.165) is 6.20 Å². The van der Waals surface area contributed by atoms with Gasteiger partial charge in [-0.1, -0.05) is 11.6 Å². The molecule has 1 rings (SSSR count). The smallest absolute Gasteiger partial charge is 0.250 e. The summed E-state index contributed by atoms with van der Waals surface area (Å²) in [4.78, 5) is 2.90. The molecule has 0 bridgehead atoms. The molecule has 0 unspecified atom stereocenters. The normalized spacial score (nSPS) is 12.3. The van der Waals surface area contributed by atoms with Crippen molar-refractivity contribution in [1.82, 2.24) is 4.98 Å². The molecule has 0 spiro atoms. The number of hydrogen-bond donors (Lipinski definition) is 0. The Hall–Kier alpha value is -0.430. The van der Waals surface area contributed by atoms with Crippen LogP contribution in [-0.4, -0.2) is 4.98 Å². The number of hydrogen-bond acceptors (Lipinski definition) is 1. The van der Waals surface area contributed by atoms with Gasteiger partial charge in [-0.25, -0.2) is 8.78 Å². The zero-order valence-electron chi connectivity index (χ0n) is 6.75. The summed E-state index contributed by atoms with van der Waals surface area (Å²) < 4.78 is 61.4. The van der Waals surface area contributed by atoms with E-state index in [1.165, 1.54) is 0 Å². The molecule has 1 nitrogen and oxygen atoms in total. The van der Waals surface area contributed by atoms with Crippen LogP contribution in [0.3, 0.4) is 0 Å². The molecule has 0 aliphatic heterocycles. The molecular weight excluding hydrogens is 308 g/mol. The molecule has 0 amide bonds. The Morgan fingerprint density at radius 3 is 2.27 bits per heavy atom. The van der Waals surface area contributed by atoms with Crippen molar-refractivity contribution in [1.29, 1.82) is 0 Å². The molecule has 0 saturated heterocycles. The van der Waals surface area contributed by atoms with Gasteiger partial charge >= 0.3 is 6.18 Å². The van der Waals surface area contributed by atoms with Crippen LogP contribution in [0.2, 0.25) is 5.02 Å². The molecule has 1 aromatic rings. The number of nitrogens with zero attached hydrogens (tertiary/aromatic N) is 1. The topological polar surface area (TPSA) is 12.9 Å². The van der Waals surface area contributed by atoms with Gasteiger partial charge in [0.15, 0.2) is 5.69 Å². The Morgan fingerprint density at radius 1 is 1.33 bits per heavy atom. The Morgan fingerprint density at radius 2 is 1.87 bits per heavy atom. The van der Waals surface area contributed by atoms with Crippen LogP contribution in [0.25, 0.3) is 0 Å². The van der Waals surface area contributed by atoms with Crippen molar-refractivity contribution in [3.05, 3.63) is 26.9 Å². The maximum absolute atomic E-state index is 12.4. The first-order valence-corrected chi connectivity index (χ1v) is 4.61. The van der Waals surface area contributed by atoms with Crippen LogP contribution in [-0.2, 0) is 6.18 Å². The van der Waals surface area contributed by atoms with Gasteiger partial charge in [-0.3, -0.25) is 4.98 Å². The van der Waals surface area contributed by atoms with E-state index in [1.807, 2.05) is 0 Å². The van der Waals surface area contributed by atoms with Crippen molar-refractivity contribution in [3.63, 3.8) is 0 Å². The number of alkyl halides is 5. The first kappa shape index (κ1) is 12.6. The first-order valence-electron chi connectivity index (χ1n) is 3.44. The van der Waals surface area contributed by atoms with E-state index in [4.69, 9.17) is 11.6 Å². The van der Waals surface area contributed by atoms with Crippen LogP contribution in [0.5, 0.6) is 0 Å². The maximum atomic E-state index is 12.4. The van der Waals surface area contributed by atoms with Gasteiger partial charge in [0.05, 0.1) is 15.1 Å². The highest BCUT2D eigenvalue weighted by atomic mass is 79.9. The van der Waals surface area contributed by atoms with E-state index in [0.29, 0.717) is 0 Å². The third-order valence-corrected chi connectivity index (χ3v) is 2.73. The highest BCUT2D eigenvalue weighted by molar-refractivity contribution is 9.10. The van der Waals surface area contributed by atoms with Gasteiger partial charge in [0, 0.05) is 6.20 Å². The van der Waals surface area contributed by atoms with Crippen molar-refractivity contribution in [2.24, 2.45) is 0 Å². The van der Waals surface area contributed by atoms with Crippen molar-refractivity contribution < 1.29 is 22.0 Å². The molecule has 84 valence electrons. The van der Waals surface area contributed by atoms with E-state index in [2.05, 4.69) is 20.9 Å². The number of aromatic nitrogens is 1. The van der Waals surface area contributed by atoms with E-state index in [-0.39, 0.29) is 4.47 Å². The predicted molar refractivity (Wildman–Crippen MR) is 46.9 cm³/mol. The molecule has 0 saturated carbocycles. The van der Waals surface area contributed by atoms with Gasteiger partial charge in [-0.2, -0.15) is 13.2 Å². The third-order valence-electron chi connectivity index (χ3n) is 1.49. The molecule has 0 N–H and O–H groups in total. The van der Waals surface area contributed by atoms with Crippen LogP contribution in [0.1, 0.15) is 17.7 Å². The standard InChI is InChI=1S/C7H2BrClF5N/c8-2-1-15-5(7(12,13)14)3(4(2)9)6(10)11/h1,6H. The number of rotatable bonds is 1. The second-order valence-corrected chi connectivity index (χ2v) is 3.71. The van der Waals surface area contributed by atoms with Gasteiger partial charge < -0.3 is 0 Å². The molecular formula is C7H2BrClF5N. The molecule has 1 heterocycles. The average molecular weight is 310 g/mol. The fourth-order valence-corrected chi connectivity index (χ4v) is 1.44. The van der Waals surface area contributed by atoms with E-state index in [9.17, 15) is 22.0 Å². The predicted octanol–water partition coefficient (Wildman–Crippen LogP) is 4.45. The van der Waals surface area contributed by atoms with Crippen LogP contribution in [0.4, 0.5) is 22.0 Å². The Kier molecular flexibility index (Phi) is 3.55. The second-order valence-electron chi connectivity index (χ2n) is 2.48. The largest absolute Gasteiger partial charge is 0.433 e. The molecule has 0 radical (unpaired) electrons. The van der Waals surface area contributed by atoms with Crippen molar-refractivity contribution >= 4 is 27.5 Å². The van der Waals surface area contributed by atoms with Gasteiger partial charge in [-0.05, 0) is 15.9 Å². The minimum atomic E-state index is -4.95. The summed E-state index contributed by atoms with van der Waals surface area (Å²) in [5.41, 5.74) is -2.97. The minimum Gasteiger partial charge on any atom is -0.250 e. The monoisotopic (exact) mass is 309 g/mol. The number of pyridine rings is 1. The van der Waals surface area contributed by atoms with Crippen molar-refractivity contribution in [2.75, 3.05) is 0 Å². The van der Waals surface area contributed by atoms with Gasteiger partial charge in [0.25, 0.3) is 6.43 Å². The quantitative estimate of drug-likeness (QED) is 0.698. The van der Waals surface area contributed by atoms with Gasteiger partial charge in [0.2, 0.25) is 0 Å². The lowest BCUT2D eigenvalue weighted by atomic mass is 10.2. The van der Waals surface area contributed by atoms with Crippen molar-refractivity contribution in [3.8, 4) is 0 Å². The maximum Gasteiger partial charge on any atom is 0.433 e. The zero-order chi connectivity index (χ0) is 11.8. The van der Waals surface area contributed by atoms with Crippen LogP contribution in [0, 0.1) is 0 Å². The van der Waals surface area contributed by atoms with Gasteiger partial charge in [-0.15, -0.1) is 0 Å². The van der Waals surface area contributed by atoms with Crippen LogP contribution < -0.4 is 0 Å². The van der Waals surface area contributed by atoms with Crippen LogP contribution >= 0.6 is 27.5 Å². The summed E-state index contributed by atoms with van der Waals surface area (Å²) in [6, 6.07) is 0. The van der Waals surface area contributed by atoms with Gasteiger partial charge in [0.1, 0.15) is 0 Å². The fourth-order valence-electron chi connectivity index (χ4n) is 0.905. The summed E-state index contributed by atoms with van der Waals surface area (Å²) in [5.74, 6) is 0. The molecule has 0 atom stereocenters. The Balaban J connectivity index is 3.47. The molecule has 0 fully saturated rings. The van der Waals surface area contributed by atoms with E-state index in [1.54, 1.807) is 0 Å². The van der Waals surface area contributed by atoms with E-state index >= 15 is 0 Å². The average Bonchev–Trinajstić information content (AvgIpc) is 2.06. The zero-order valence-corrected chi connectivity index (χ0v) is 9.09. The summed E-state index contributed by atoms with van der Waals surface area (Å²) in [7, 11) is 0. The molecule has 1 aromatic heterocycles. The SMILES string of the molecule is FC(F)c1c(C(F)(F)F)ncc(Br)c1Cl. The summed E-state index contributed by atoms with van der Waals surface area (Å²) in [5, 5.41) is -0.674. The molecule has 8 heteroatoms. The molecule has 0 aromatic carbocycles. The highest BCUT2D eigenvalue weighted by Crippen LogP contribution is 2.40. The number of halogens is 7. The Labute approximate surface area is 94.4 Å². The minimum absolute atomic E-state index is 0.104. The van der Waals surface area contributed by atoms with Crippen molar-refractivity contribution in [2.45, 2.75) is 12.6 Å². The summed E-state index contributed by atoms with van der Waals surface area (Å²) >= 11 is 8.05. The second kappa shape index (κ2) is 4.21.